The van der Waals surface area contributed by atoms with Gasteiger partial charge in [-0.25, -0.2) is 15.0 Å². The highest BCUT2D eigenvalue weighted by atomic mass is 14.9. The number of para-hydroxylation sites is 1. The van der Waals surface area contributed by atoms with Crippen molar-refractivity contribution in [2.75, 3.05) is 0 Å². The van der Waals surface area contributed by atoms with Crippen LogP contribution in [0, 0.1) is 0 Å². The largest absolute Gasteiger partial charge is 0.247 e. The first kappa shape index (κ1) is 29.0. The summed E-state index contributed by atoms with van der Waals surface area (Å²) in [5.41, 5.74) is 15.3. The Morgan fingerprint density at radius 2 is 1.00 bits per heavy atom. The van der Waals surface area contributed by atoms with Gasteiger partial charge in [0.15, 0.2) is 5.82 Å². The molecular formula is C46H33N3. The lowest BCUT2D eigenvalue weighted by molar-refractivity contribution is 0.662. The average Bonchev–Trinajstić information content (AvgIpc) is 3.40. The Morgan fingerprint density at radius 3 is 1.78 bits per heavy atom. The molecule has 0 N–H and O–H groups in total. The fraction of sp³-hybridized carbons (Fsp3) is 0.0652. The molecule has 0 bridgehead atoms. The summed E-state index contributed by atoms with van der Waals surface area (Å²) >= 11 is 0. The standard InChI is InChI=1S/C46H33N3/c1-46(2)38-22-11-9-20-36(38)44-43(46)42(37-21-10-12-23-39(37)47-44)35-19-13-18-34(28-35)41-29-40(48-45(49-41)33-16-7-4-8-17-33)32-26-24-31(25-27-32)30-14-5-3-6-15-30/h3-29H,1-2H3. The smallest absolute Gasteiger partial charge is 0.160 e. The Morgan fingerprint density at radius 1 is 0.429 bits per heavy atom. The summed E-state index contributed by atoms with van der Waals surface area (Å²) in [7, 11) is 0. The van der Waals surface area contributed by atoms with Gasteiger partial charge in [0.1, 0.15) is 0 Å². The van der Waals surface area contributed by atoms with Crippen molar-refractivity contribution in [3.8, 4) is 67.4 Å². The SMILES string of the molecule is CC1(C)c2ccccc2-c2nc3ccccc3c(-c3cccc(-c4cc(-c5ccc(-c6ccccc6)cc5)nc(-c5ccccc5)n4)c3)c21. The van der Waals surface area contributed by atoms with Gasteiger partial charge in [0.05, 0.1) is 22.6 Å². The van der Waals surface area contributed by atoms with Crippen LogP contribution in [0.4, 0.5) is 0 Å². The average molecular weight is 628 g/mol. The summed E-state index contributed by atoms with van der Waals surface area (Å²) < 4.78 is 0. The molecule has 232 valence electrons. The Hall–Kier alpha value is -6.19. The lowest BCUT2D eigenvalue weighted by atomic mass is 9.78. The van der Waals surface area contributed by atoms with E-state index in [1.165, 1.54) is 33.4 Å². The molecule has 0 saturated heterocycles. The monoisotopic (exact) mass is 627 g/mol. The summed E-state index contributed by atoms with van der Waals surface area (Å²) in [6, 6.07) is 57.6. The number of aromatic nitrogens is 3. The van der Waals surface area contributed by atoms with E-state index in [9.17, 15) is 0 Å². The van der Waals surface area contributed by atoms with Crippen molar-refractivity contribution in [1.82, 2.24) is 15.0 Å². The fourth-order valence-corrected chi connectivity index (χ4v) is 7.44. The van der Waals surface area contributed by atoms with Crippen LogP contribution in [0.3, 0.4) is 0 Å². The minimum Gasteiger partial charge on any atom is -0.247 e. The third-order valence-electron chi connectivity index (χ3n) is 9.87. The lowest BCUT2D eigenvalue weighted by Crippen LogP contribution is -2.16. The fourth-order valence-electron chi connectivity index (χ4n) is 7.44. The van der Waals surface area contributed by atoms with Crippen molar-refractivity contribution >= 4 is 10.9 Å². The Kier molecular flexibility index (Phi) is 6.80. The molecule has 1 aliphatic rings. The van der Waals surface area contributed by atoms with Crippen LogP contribution in [0.25, 0.3) is 78.3 Å². The Bertz CT molecular complexity index is 2500. The first-order valence-electron chi connectivity index (χ1n) is 16.8. The molecule has 0 spiro atoms. The molecule has 0 unspecified atom stereocenters. The van der Waals surface area contributed by atoms with Crippen LogP contribution in [-0.2, 0) is 5.41 Å². The van der Waals surface area contributed by atoms with Crippen molar-refractivity contribution in [2.45, 2.75) is 19.3 Å². The van der Waals surface area contributed by atoms with E-state index in [2.05, 4.69) is 153 Å². The number of hydrogen-bond donors (Lipinski definition) is 0. The highest BCUT2D eigenvalue weighted by Crippen LogP contribution is 2.53. The van der Waals surface area contributed by atoms with Crippen LogP contribution in [0.2, 0.25) is 0 Å². The van der Waals surface area contributed by atoms with Gasteiger partial charge in [0.25, 0.3) is 0 Å². The quantitative estimate of drug-likeness (QED) is 0.191. The second-order valence-electron chi connectivity index (χ2n) is 13.3. The molecule has 8 aromatic rings. The van der Waals surface area contributed by atoms with Crippen LogP contribution in [0.15, 0.2) is 164 Å². The molecule has 0 aliphatic heterocycles. The number of benzene rings is 6. The van der Waals surface area contributed by atoms with E-state index < -0.39 is 0 Å². The molecule has 0 fully saturated rings. The van der Waals surface area contributed by atoms with E-state index in [0.29, 0.717) is 5.82 Å². The highest BCUT2D eigenvalue weighted by Gasteiger charge is 2.39. The minimum atomic E-state index is -0.206. The van der Waals surface area contributed by atoms with Crippen molar-refractivity contribution in [3.63, 3.8) is 0 Å². The van der Waals surface area contributed by atoms with Gasteiger partial charge in [0, 0.05) is 33.1 Å². The van der Waals surface area contributed by atoms with E-state index >= 15 is 0 Å². The maximum atomic E-state index is 5.25. The Labute approximate surface area is 286 Å². The van der Waals surface area contributed by atoms with E-state index in [-0.39, 0.29) is 5.41 Å². The van der Waals surface area contributed by atoms with Crippen molar-refractivity contribution in [3.05, 3.63) is 175 Å². The molecule has 0 atom stereocenters. The van der Waals surface area contributed by atoms with Gasteiger partial charge in [-0.3, -0.25) is 0 Å². The van der Waals surface area contributed by atoms with Crippen LogP contribution in [0.5, 0.6) is 0 Å². The molecular weight excluding hydrogens is 595 g/mol. The minimum absolute atomic E-state index is 0.206. The maximum absolute atomic E-state index is 5.25. The maximum Gasteiger partial charge on any atom is 0.160 e. The molecule has 2 heterocycles. The predicted octanol–water partition coefficient (Wildman–Crippen LogP) is 11.7. The number of pyridine rings is 1. The first-order chi connectivity index (χ1) is 24.0. The van der Waals surface area contributed by atoms with Crippen molar-refractivity contribution in [2.24, 2.45) is 0 Å². The van der Waals surface area contributed by atoms with Crippen molar-refractivity contribution < 1.29 is 0 Å². The van der Waals surface area contributed by atoms with Gasteiger partial charge in [0.2, 0.25) is 0 Å². The molecule has 0 amide bonds. The lowest BCUT2D eigenvalue weighted by Gasteiger charge is -2.25. The molecule has 9 rings (SSSR count). The second kappa shape index (κ2) is 11.5. The summed E-state index contributed by atoms with van der Waals surface area (Å²) in [6.07, 6.45) is 0. The first-order valence-corrected chi connectivity index (χ1v) is 16.8. The molecule has 6 aromatic carbocycles. The third kappa shape index (κ3) is 4.94. The zero-order valence-corrected chi connectivity index (χ0v) is 27.4. The van der Waals surface area contributed by atoms with Gasteiger partial charge in [-0.1, -0.05) is 159 Å². The summed E-state index contributed by atoms with van der Waals surface area (Å²) in [5.74, 6) is 0.706. The molecule has 2 aromatic heterocycles. The zero-order valence-electron chi connectivity index (χ0n) is 27.4. The van der Waals surface area contributed by atoms with Crippen LogP contribution in [-0.4, -0.2) is 15.0 Å². The highest BCUT2D eigenvalue weighted by molar-refractivity contribution is 6.02. The van der Waals surface area contributed by atoms with Crippen LogP contribution in [0.1, 0.15) is 25.0 Å². The number of fused-ring (bicyclic) bond motifs is 4. The normalized spacial score (nSPS) is 12.9. The van der Waals surface area contributed by atoms with E-state index in [1.807, 2.05) is 24.3 Å². The number of hydrogen-bond acceptors (Lipinski definition) is 3. The van der Waals surface area contributed by atoms with Gasteiger partial charge in [-0.05, 0) is 51.6 Å². The zero-order chi connectivity index (χ0) is 33.0. The molecule has 0 saturated carbocycles. The molecule has 0 radical (unpaired) electrons. The Balaban J connectivity index is 1.22. The summed E-state index contributed by atoms with van der Waals surface area (Å²) in [5, 5.41) is 1.16. The van der Waals surface area contributed by atoms with Gasteiger partial charge < -0.3 is 0 Å². The topological polar surface area (TPSA) is 38.7 Å². The van der Waals surface area contributed by atoms with Crippen LogP contribution >= 0.6 is 0 Å². The molecule has 49 heavy (non-hydrogen) atoms. The van der Waals surface area contributed by atoms with Gasteiger partial charge in [-0.15, -0.1) is 0 Å². The summed E-state index contributed by atoms with van der Waals surface area (Å²) in [4.78, 5) is 15.5. The number of rotatable bonds is 5. The van der Waals surface area contributed by atoms with E-state index in [0.717, 1.165) is 50.2 Å². The molecule has 1 aliphatic carbocycles. The van der Waals surface area contributed by atoms with E-state index in [4.69, 9.17) is 15.0 Å². The molecule has 3 heteroatoms. The molecule has 3 nitrogen and oxygen atoms in total. The number of nitrogens with zero attached hydrogens (tertiary/aromatic N) is 3. The van der Waals surface area contributed by atoms with E-state index in [1.54, 1.807) is 0 Å². The van der Waals surface area contributed by atoms with Crippen LogP contribution < -0.4 is 0 Å². The second-order valence-corrected chi connectivity index (χ2v) is 13.3. The third-order valence-corrected chi connectivity index (χ3v) is 9.87. The van der Waals surface area contributed by atoms with Gasteiger partial charge in [-0.2, -0.15) is 0 Å². The summed E-state index contributed by atoms with van der Waals surface area (Å²) in [6.45, 7) is 4.65. The van der Waals surface area contributed by atoms with Gasteiger partial charge >= 0.3 is 0 Å². The van der Waals surface area contributed by atoms with Crippen molar-refractivity contribution in [1.29, 1.82) is 0 Å². The predicted molar refractivity (Wildman–Crippen MR) is 202 cm³/mol.